The minimum Gasteiger partial charge on any atom is -0.468 e. The molecule has 0 aromatic rings. The Bertz CT molecular complexity index is 1670. The molecular formula is C36H48O17. The molecule has 2 bridgehead atoms. The van der Waals surface area contributed by atoms with E-state index in [1.165, 1.54) is 14.0 Å². The van der Waals surface area contributed by atoms with Crippen LogP contribution in [-0.4, -0.2) is 139 Å². The molecule has 8 rings (SSSR count). The fraction of sp³-hybridized carbons (Fsp3) is 0.833. The molecule has 1 spiro atoms. The zero-order valence-corrected chi connectivity index (χ0v) is 30.9. The normalized spacial score (nSPS) is 54.2. The first-order valence-corrected chi connectivity index (χ1v) is 18.0. The number of aliphatic hydroxyl groups is 3. The molecule has 0 amide bonds. The van der Waals surface area contributed by atoms with Crippen LogP contribution in [0.5, 0.6) is 0 Å². The molecule has 0 aromatic heterocycles. The Kier molecular flexibility index (Phi) is 8.01. The lowest BCUT2D eigenvalue weighted by Gasteiger charge is -2.65. The molecule has 1 unspecified atom stereocenters. The standard InChI is InChI=1S/C36H48O17/c1-9-15(2)25(39)50-18-11-19(49-16(3)37)33(27(40)45-7)13-47-22-23(33)32(18)14-48-35(43,28(41)46-8)26(32)30(4,24(22)38)36-20-10-17(31(36,5)53-36)34(42)12-21(44-6)52-29(34)51-20/h9,17-24,26,29,38,42-43H,10-14H2,1-8H3/b15-9+/t17-,18+,19-,20+,21-,22-,23-,24-,26+,29-,30-,31+,32+,33+,34+,35+,36?/m1/s1. The summed E-state index contributed by atoms with van der Waals surface area (Å²) in [6, 6.07) is 0. The van der Waals surface area contributed by atoms with Gasteiger partial charge in [0.2, 0.25) is 0 Å². The van der Waals surface area contributed by atoms with Gasteiger partial charge in [0.05, 0.1) is 45.7 Å². The van der Waals surface area contributed by atoms with Crippen molar-refractivity contribution < 1.29 is 81.9 Å². The van der Waals surface area contributed by atoms with Gasteiger partial charge in [-0.2, -0.15) is 0 Å². The highest BCUT2D eigenvalue weighted by molar-refractivity contribution is 5.88. The van der Waals surface area contributed by atoms with Crippen molar-refractivity contribution in [1.82, 2.24) is 0 Å². The van der Waals surface area contributed by atoms with Gasteiger partial charge in [0.1, 0.15) is 34.4 Å². The lowest BCUT2D eigenvalue weighted by atomic mass is 9.37. The fourth-order valence-electron chi connectivity index (χ4n) is 12.7. The number of carbonyl (C=O) groups excluding carboxylic acids is 4. The summed E-state index contributed by atoms with van der Waals surface area (Å²) in [7, 11) is 3.69. The summed E-state index contributed by atoms with van der Waals surface area (Å²) < 4.78 is 60.0. The molecule has 8 aliphatic rings. The Hall–Kier alpha value is -2.74. The van der Waals surface area contributed by atoms with E-state index in [0.717, 1.165) is 14.2 Å². The van der Waals surface area contributed by atoms with Crippen LogP contribution < -0.4 is 0 Å². The Morgan fingerprint density at radius 2 is 1.60 bits per heavy atom. The number of ether oxygens (including phenoxy) is 10. The number of hydrogen-bond donors (Lipinski definition) is 3. The van der Waals surface area contributed by atoms with E-state index >= 15 is 0 Å². The number of esters is 4. The van der Waals surface area contributed by atoms with E-state index in [-0.39, 0.29) is 24.8 Å². The number of rotatable bonds is 7. The van der Waals surface area contributed by atoms with Gasteiger partial charge < -0.3 is 62.7 Å². The molecule has 17 atom stereocenters. The number of fused-ring (bicyclic) bond motifs is 7. The third-order valence-corrected chi connectivity index (χ3v) is 14.7. The maximum atomic E-state index is 14.2. The highest BCUT2D eigenvalue weighted by Gasteiger charge is 2.97. The maximum Gasteiger partial charge on any atom is 0.366 e. The van der Waals surface area contributed by atoms with Gasteiger partial charge in [-0.25, -0.2) is 9.59 Å². The number of methoxy groups -OCH3 is 3. The molecular weight excluding hydrogens is 704 g/mol. The minimum absolute atomic E-state index is 0.0672. The Morgan fingerprint density at radius 1 is 0.906 bits per heavy atom. The van der Waals surface area contributed by atoms with Gasteiger partial charge in [0.15, 0.2) is 12.6 Å². The van der Waals surface area contributed by atoms with Crippen molar-refractivity contribution in [2.75, 3.05) is 34.5 Å². The molecule has 17 nitrogen and oxygen atoms in total. The average Bonchev–Trinajstić information content (AvgIpc) is 3.47. The number of epoxide rings is 1. The molecule has 5 heterocycles. The molecule has 17 heteroatoms. The van der Waals surface area contributed by atoms with Crippen molar-refractivity contribution in [2.45, 2.75) is 120 Å². The monoisotopic (exact) mass is 752 g/mol. The SMILES string of the molecule is C/C=C(\C)C(=O)O[C@H]1C[C@@H](OC(C)=O)[C@@]2(C(=O)OC)CO[C@H]3[C@@H](O)[C@@](C)(C45O[C@@]4(C)[C@H]4C[C@@H]5O[C@@H]5O[C@@H](OC)C[C@@]54O)[C@H]4[C@]1(CO[C@]4(O)C(=O)OC)[C@@H]32. The van der Waals surface area contributed by atoms with Crippen LogP contribution in [0, 0.1) is 34.0 Å². The molecule has 5 aliphatic heterocycles. The molecule has 53 heavy (non-hydrogen) atoms. The van der Waals surface area contributed by atoms with E-state index < -0.39 is 137 Å². The zero-order valence-electron chi connectivity index (χ0n) is 30.9. The Labute approximate surface area is 305 Å². The second-order valence-corrected chi connectivity index (χ2v) is 16.4. The predicted octanol–water partition coefficient (Wildman–Crippen LogP) is -0.354. The quantitative estimate of drug-likeness (QED) is 0.131. The summed E-state index contributed by atoms with van der Waals surface area (Å²) in [6.07, 6.45) is -6.77. The first kappa shape index (κ1) is 37.2. The third kappa shape index (κ3) is 4.03. The summed E-state index contributed by atoms with van der Waals surface area (Å²) in [5.74, 6) is -9.82. The van der Waals surface area contributed by atoms with Gasteiger partial charge in [-0.3, -0.25) is 9.59 Å². The number of carbonyl (C=O) groups is 4. The summed E-state index contributed by atoms with van der Waals surface area (Å²) in [5.41, 5.74) is -9.52. The van der Waals surface area contributed by atoms with Crippen LogP contribution in [0.2, 0.25) is 0 Å². The lowest BCUT2D eigenvalue weighted by Crippen LogP contribution is -2.79. The van der Waals surface area contributed by atoms with E-state index in [9.17, 15) is 34.5 Å². The largest absolute Gasteiger partial charge is 0.468 e. The second kappa shape index (κ2) is 11.4. The Balaban J connectivity index is 1.38. The van der Waals surface area contributed by atoms with Gasteiger partial charge in [0.25, 0.3) is 5.79 Å². The summed E-state index contributed by atoms with van der Waals surface area (Å²) in [6.45, 7) is 6.88. The van der Waals surface area contributed by atoms with E-state index in [2.05, 4.69) is 0 Å². The van der Waals surface area contributed by atoms with Crippen LogP contribution in [0.1, 0.15) is 53.9 Å². The number of hydrogen-bond acceptors (Lipinski definition) is 17. The average molecular weight is 753 g/mol. The van der Waals surface area contributed by atoms with Crippen LogP contribution in [-0.2, 0) is 66.5 Å². The van der Waals surface area contributed by atoms with Crippen LogP contribution >= 0.6 is 0 Å². The lowest BCUT2D eigenvalue weighted by molar-refractivity contribution is -0.321. The van der Waals surface area contributed by atoms with Crippen LogP contribution in [0.3, 0.4) is 0 Å². The first-order valence-electron chi connectivity index (χ1n) is 18.0. The minimum atomic E-state index is -2.84. The fourth-order valence-corrected chi connectivity index (χ4v) is 12.7. The first-order chi connectivity index (χ1) is 24.9. The van der Waals surface area contributed by atoms with Crippen LogP contribution in [0.15, 0.2) is 11.6 Å². The Morgan fingerprint density at radius 3 is 2.23 bits per heavy atom. The summed E-state index contributed by atoms with van der Waals surface area (Å²) in [4.78, 5) is 54.6. The van der Waals surface area contributed by atoms with Crippen molar-refractivity contribution in [3.63, 3.8) is 0 Å². The van der Waals surface area contributed by atoms with Crippen molar-refractivity contribution >= 4 is 23.9 Å². The number of allylic oxidation sites excluding steroid dienone is 1. The molecule has 5 saturated heterocycles. The van der Waals surface area contributed by atoms with Crippen molar-refractivity contribution in [2.24, 2.45) is 34.0 Å². The maximum absolute atomic E-state index is 14.2. The van der Waals surface area contributed by atoms with E-state index in [4.69, 9.17) is 47.4 Å². The second-order valence-electron chi connectivity index (χ2n) is 16.4. The van der Waals surface area contributed by atoms with Crippen LogP contribution in [0.4, 0.5) is 0 Å². The molecule has 0 aromatic carbocycles. The molecule has 294 valence electrons. The van der Waals surface area contributed by atoms with Gasteiger partial charge >= 0.3 is 23.9 Å². The van der Waals surface area contributed by atoms with Crippen molar-refractivity contribution in [3.8, 4) is 0 Å². The van der Waals surface area contributed by atoms with Gasteiger partial charge in [-0.15, -0.1) is 0 Å². The smallest absolute Gasteiger partial charge is 0.366 e. The predicted molar refractivity (Wildman–Crippen MR) is 171 cm³/mol. The molecule has 3 N–H and O–H groups in total. The van der Waals surface area contributed by atoms with Crippen molar-refractivity contribution in [3.05, 3.63) is 11.6 Å². The number of aliphatic hydroxyl groups excluding tert-OH is 1. The van der Waals surface area contributed by atoms with Gasteiger partial charge in [0, 0.05) is 61.0 Å². The zero-order chi connectivity index (χ0) is 38.5. The molecule has 8 fully saturated rings. The molecule has 3 saturated carbocycles. The molecule has 0 radical (unpaired) electrons. The van der Waals surface area contributed by atoms with Crippen LogP contribution in [0.25, 0.3) is 0 Å². The van der Waals surface area contributed by atoms with E-state index in [1.54, 1.807) is 33.8 Å². The van der Waals surface area contributed by atoms with Gasteiger partial charge in [-0.05, 0) is 27.2 Å². The highest BCUT2D eigenvalue weighted by Crippen LogP contribution is 2.83. The highest BCUT2D eigenvalue weighted by atomic mass is 16.8. The molecule has 3 aliphatic carbocycles. The van der Waals surface area contributed by atoms with Crippen molar-refractivity contribution in [1.29, 1.82) is 0 Å². The van der Waals surface area contributed by atoms with Gasteiger partial charge in [-0.1, -0.05) is 13.0 Å². The van der Waals surface area contributed by atoms with E-state index in [0.29, 0.717) is 0 Å². The topological polar surface area (TPSA) is 225 Å². The third-order valence-electron chi connectivity index (χ3n) is 14.7. The summed E-state index contributed by atoms with van der Waals surface area (Å²) >= 11 is 0. The summed E-state index contributed by atoms with van der Waals surface area (Å²) in [5, 5.41) is 37.9. The van der Waals surface area contributed by atoms with E-state index in [1.807, 2.05) is 0 Å².